The molecule has 18 heavy (non-hydrogen) atoms. The fraction of sp³-hybridized carbons (Fsp3) is 0.133. The average Bonchev–Trinajstić information content (AvgIpc) is 2.38. The Hall–Kier alpha value is -2.16. The molecule has 0 saturated heterocycles. The molecule has 2 nitrogen and oxygen atoms in total. The Morgan fingerprint density at radius 1 is 1.06 bits per heavy atom. The van der Waals surface area contributed by atoms with E-state index in [2.05, 4.69) is 5.32 Å². The highest BCUT2D eigenvalue weighted by atomic mass is 19.1. The normalized spacial score (nSPS) is 10.1. The second-order valence-electron chi connectivity index (χ2n) is 4.18. The standard InChI is InChI=1S/C15H14FNO/c1-11-2-4-12(5-3-11)10-17-15(18)13-6-8-14(16)9-7-13/h2-9H,10H2,1H3,(H,17,18). The summed E-state index contributed by atoms with van der Waals surface area (Å²) >= 11 is 0. The topological polar surface area (TPSA) is 29.1 Å². The minimum Gasteiger partial charge on any atom is -0.348 e. The van der Waals surface area contributed by atoms with Crippen LogP contribution in [0.4, 0.5) is 4.39 Å². The molecule has 1 N–H and O–H groups in total. The summed E-state index contributed by atoms with van der Waals surface area (Å²) in [5, 5.41) is 2.79. The molecule has 1 amide bonds. The van der Waals surface area contributed by atoms with Gasteiger partial charge >= 0.3 is 0 Å². The number of carbonyl (C=O) groups excluding carboxylic acids is 1. The molecule has 0 atom stereocenters. The van der Waals surface area contributed by atoms with Crippen molar-refractivity contribution in [2.45, 2.75) is 13.5 Å². The first-order chi connectivity index (χ1) is 8.65. The van der Waals surface area contributed by atoms with Crippen LogP contribution >= 0.6 is 0 Å². The fourth-order valence-corrected chi connectivity index (χ4v) is 1.59. The van der Waals surface area contributed by atoms with Crippen LogP contribution in [0.1, 0.15) is 21.5 Å². The third kappa shape index (κ3) is 3.17. The van der Waals surface area contributed by atoms with Crippen LogP contribution in [0.25, 0.3) is 0 Å². The third-order valence-corrected chi connectivity index (χ3v) is 2.68. The zero-order valence-electron chi connectivity index (χ0n) is 10.1. The second-order valence-corrected chi connectivity index (χ2v) is 4.18. The summed E-state index contributed by atoms with van der Waals surface area (Å²) in [6.45, 7) is 2.48. The highest BCUT2D eigenvalue weighted by Gasteiger charge is 2.04. The van der Waals surface area contributed by atoms with Gasteiger partial charge in [0.15, 0.2) is 0 Å². The molecule has 0 bridgehead atoms. The van der Waals surface area contributed by atoms with Crippen molar-refractivity contribution in [2.24, 2.45) is 0 Å². The van der Waals surface area contributed by atoms with Gasteiger partial charge in [0.05, 0.1) is 0 Å². The number of aryl methyl sites for hydroxylation is 1. The molecule has 0 fully saturated rings. The average molecular weight is 243 g/mol. The Morgan fingerprint density at radius 3 is 2.28 bits per heavy atom. The molecule has 0 spiro atoms. The van der Waals surface area contributed by atoms with Crippen molar-refractivity contribution in [3.63, 3.8) is 0 Å². The van der Waals surface area contributed by atoms with E-state index in [1.54, 1.807) is 0 Å². The molecular weight excluding hydrogens is 229 g/mol. The Labute approximate surface area is 105 Å². The van der Waals surface area contributed by atoms with Crippen molar-refractivity contribution in [2.75, 3.05) is 0 Å². The van der Waals surface area contributed by atoms with Gasteiger partial charge in [0.1, 0.15) is 5.82 Å². The van der Waals surface area contributed by atoms with Crippen LogP contribution in [0, 0.1) is 12.7 Å². The lowest BCUT2D eigenvalue weighted by atomic mass is 10.1. The number of benzene rings is 2. The van der Waals surface area contributed by atoms with Crippen molar-refractivity contribution in [3.8, 4) is 0 Å². The number of carbonyl (C=O) groups is 1. The van der Waals surface area contributed by atoms with Crippen molar-refractivity contribution in [1.82, 2.24) is 5.32 Å². The van der Waals surface area contributed by atoms with Gasteiger partial charge in [-0.3, -0.25) is 4.79 Å². The molecule has 0 aliphatic rings. The maximum Gasteiger partial charge on any atom is 0.251 e. The van der Waals surface area contributed by atoms with Crippen molar-refractivity contribution in [1.29, 1.82) is 0 Å². The largest absolute Gasteiger partial charge is 0.348 e. The first-order valence-corrected chi connectivity index (χ1v) is 5.74. The molecule has 2 aromatic carbocycles. The molecule has 0 unspecified atom stereocenters. The van der Waals surface area contributed by atoms with Gasteiger partial charge in [-0.25, -0.2) is 4.39 Å². The zero-order chi connectivity index (χ0) is 13.0. The second kappa shape index (κ2) is 5.45. The van der Waals surface area contributed by atoms with Crippen LogP contribution in [0.3, 0.4) is 0 Å². The van der Waals surface area contributed by atoms with Crippen molar-refractivity contribution < 1.29 is 9.18 Å². The predicted molar refractivity (Wildman–Crippen MR) is 68.7 cm³/mol. The number of nitrogens with one attached hydrogen (secondary N) is 1. The lowest BCUT2D eigenvalue weighted by Crippen LogP contribution is -2.22. The van der Waals surface area contributed by atoms with Crippen LogP contribution in [0.2, 0.25) is 0 Å². The number of hydrogen-bond donors (Lipinski definition) is 1. The highest BCUT2D eigenvalue weighted by Crippen LogP contribution is 2.05. The molecule has 92 valence electrons. The molecule has 0 radical (unpaired) electrons. The van der Waals surface area contributed by atoms with Gasteiger partial charge in [-0.1, -0.05) is 29.8 Å². The van der Waals surface area contributed by atoms with E-state index >= 15 is 0 Å². The van der Waals surface area contributed by atoms with Gasteiger partial charge in [0, 0.05) is 12.1 Å². The van der Waals surface area contributed by atoms with E-state index in [4.69, 9.17) is 0 Å². The van der Waals surface area contributed by atoms with Gasteiger partial charge in [0.2, 0.25) is 0 Å². The number of hydrogen-bond acceptors (Lipinski definition) is 1. The van der Waals surface area contributed by atoms with Crippen LogP contribution in [0.5, 0.6) is 0 Å². The molecule has 0 aromatic heterocycles. The van der Waals surface area contributed by atoms with Crippen molar-refractivity contribution in [3.05, 3.63) is 71.0 Å². The van der Waals surface area contributed by atoms with Gasteiger partial charge in [0.25, 0.3) is 5.91 Å². The smallest absolute Gasteiger partial charge is 0.251 e. The molecule has 0 aliphatic carbocycles. The molecule has 0 aliphatic heterocycles. The molecule has 0 heterocycles. The summed E-state index contributed by atoms with van der Waals surface area (Å²) in [5.41, 5.74) is 2.68. The van der Waals surface area contributed by atoms with Gasteiger partial charge in [-0.2, -0.15) is 0 Å². The molecular formula is C15H14FNO. The summed E-state index contributed by atoms with van der Waals surface area (Å²) in [6.07, 6.45) is 0. The van der Waals surface area contributed by atoms with E-state index in [1.807, 2.05) is 31.2 Å². The minimum atomic E-state index is -0.343. The van der Waals surface area contributed by atoms with E-state index in [9.17, 15) is 9.18 Å². The van der Waals surface area contributed by atoms with E-state index in [0.29, 0.717) is 12.1 Å². The number of halogens is 1. The highest BCUT2D eigenvalue weighted by molar-refractivity contribution is 5.94. The summed E-state index contributed by atoms with van der Waals surface area (Å²) < 4.78 is 12.7. The summed E-state index contributed by atoms with van der Waals surface area (Å²) in [4.78, 5) is 11.8. The minimum absolute atomic E-state index is 0.199. The lowest BCUT2D eigenvalue weighted by molar-refractivity contribution is 0.0951. The maximum absolute atomic E-state index is 12.7. The molecule has 0 saturated carbocycles. The van der Waals surface area contributed by atoms with Gasteiger partial charge < -0.3 is 5.32 Å². The van der Waals surface area contributed by atoms with E-state index < -0.39 is 0 Å². The molecule has 2 aromatic rings. The Bertz CT molecular complexity index is 531. The Morgan fingerprint density at radius 2 is 1.67 bits per heavy atom. The first-order valence-electron chi connectivity index (χ1n) is 5.74. The van der Waals surface area contributed by atoms with Crippen molar-refractivity contribution >= 4 is 5.91 Å². The monoisotopic (exact) mass is 243 g/mol. The summed E-state index contributed by atoms with van der Waals surface area (Å²) in [5.74, 6) is -0.541. The molecule has 3 heteroatoms. The van der Waals surface area contributed by atoms with Crippen LogP contribution in [-0.2, 0) is 6.54 Å². The van der Waals surface area contributed by atoms with Crippen LogP contribution in [0.15, 0.2) is 48.5 Å². The van der Waals surface area contributed by atoms with E-state index in [0.717, 1.165) is 5.56 Å². The third-order valence-electron chi connectivity index (χ3n) is 2.68. The summed E-state index contributed by atoms with van der Waals surface area (Å²) in [6, 6.07) is 13.4. The van der Waals surface area contributed by atoms with Gasteiger partial charge in [-0.05, 0) is 36.8 Å². The SMILES string of the molecule is Cc1ccc(CNC(=O)c2ccc(F)cc2)cc1. The zero-order valence-corrected chi connectivity index (χ0v) is 10.1. The van der Waals surface area contributed by atoms with Crippen LogP contribution < -0.4 is 5.32 Å². The van der Waals surface area contributed by atoms with E-state index in [1.165, 1.54) is 29.8 Å². The number of amides is 1. The number of rotatable bonds is 3. The summed E-state index contributed by atoms with van der Waals surface area (Å²) in [7, 11) is 0. The van der Waals surface area contributed by atoms with Gasteiger partial charge in [-0.15, -0.1) is 0 Å². The molecule has 2 rings (SSSR count). The maximum atomic E-state index is 12.7. The first kappa shape index (κ1) is 12.3. The van der Waals surface area contributed by atoms with E-state index in [-0.39, 0.29) is 11.7 Å². The van der Waals surface area contributed by atoms with Crippen LogP contribution in [-0.4, -0.2) is 5.91 Å². The Balaban J connectivity index is 1.96. The quantitative estimate of drug-likeness (QED) is 0.882. The predicted octanol–water partition coefficient (Wildman–Crippen LogP) is 3.06. The Kier molecular flexibility index (Phi) is 3.72. The lowest BCUT2D eigenvalue weighted by Gasteiger charge is -2.05. The fourth-order valence-electron chi connectivity index (χ4n) is 1.59.